The fourth-order valence-electron chi connectivity index (χ4n) is 2.13. The zero-order valence-electron chi connectivity index (χ0n) is 12.0. The van der Waals surface area contributed by atoms with Crippen molar-refractivity contribution in [3.8, 4) is 5.75 Å². The van der Waals surface area contributed by atoms with Crippen LogP contribution >= 0.6 is 11.8 Å². The molecule has 0 spiro atoms. The van der Waals surface area contributed by atoms with Gasteiger partial charge in [0, 0.05) is 23.5 Å². The van der Waals surface area contributed by atoms with Gasteiger partial charge in [0.1, 0.15) is 12.4 Å². The Morgan fingerprint density at radius 3 is 2.95 bits per heavy atom. The van der Waals surface area contributed by atoms with E-state index in [0.29, 0.717) is 23.2 Å². The highest BCUT2D eigenvalue weighted by Crippen LogP contribution is 2.24. The second-order valence-corrected chi connectivity index (χ2v) is 8.41. The van der Waals surface area contributed by atoms with E-state index in [4.69, 9.17) is 10.5 Å². The second kappa shape index (κ2) is 7.91. The molecule has 1 saturated heterocycles. The van der Waals surface area contributed by atoms with Crippen molar-refractivity contribution in [1.29, 1.82) is 0 Å². The molecule has 1 aliphatic rings. The molecule has 2 rings (SSSR count). The standard InChI is InChI=1S/C14H22N2O3S2/c15-12-4-3-5-13(10-12)19-7-9-21(17,18)16-11-14-6-1-2-8-20-14/h3-5,10,14,16H,1-2,6-9,11,15H2. The summed E-state index contributed by atoms with van der Waals surface area (Å²) in [7, 11) is -3.28. The van der Waals surface area contributed by atoms with Gasteiger partial charge in [-0.3, -0.25) is 0 Å². The molecule has 1 aromatic carbocycles. The van der Waals surface area contributed by atoms with Gasteiger partial charge in [-0.2, -0.15) is 11.8 Å². The number of hydrogen-bond donors (Lipinski definition) is 2. The molecule has 21 heavy (non-hydrogen) atoms. The Morgan fingerprint density at radius 2 is 2.24 bits per heavy atom. The monoisotopic (exact) mass is 330 g/mol. The number of sulfonamides is 1. The number of rotatable bonds is 7. The Kier molecular flexibility index (Phi) is 6.20. The summed E-state index contributed by atoms with van der Waals surface area (Å²) in [5.74, 6) is 1.68. The Morgan fingerprint density at radius 1 is 1.38 bits per heavy atom. The largest absolute Gasteiger partial charge is 0.492 e. The van der Waals surface area contributed by atoms with Crippen LogP contribution < -0.4 is 15.2 Å². The Hall–Kier alpha value is -0.920. The van der Waals surface area contributed by atoms with E-state index in [2.05, 4.69) is 4.72 Å². The SMILES string of the molecule is Nc1cccc(OCCS(=O)(=O)NCC2CCCCS2)c1. The number of thioether (sulfide) groups is 1. The molecule has 5 nitrogen and oxygen atoms in total. The summed E-state index contributed by atoms with van der Waals surface area (Å²) in [4.78, 5) is 0. The molecule has 0 amide bonds. The molecule has 3 N–H and O–H groups in total. The maximum absolute atomic E-state index is 11.9. The molecule has 1 aliphatic heterocycles. The number of benzene rings is 1. The molecule has 1 aromatic rings. The predicted molar refractivity (Wildman–Crippen MR) is 88.2 cm³/mol. The van der Waals surface area contributed by atoms with E-state index in [1.807, 2.05) is 11.8 Å². The van der Waals surface area contributed by atoms with Gasteiger partial charge >= 0.3 is 0 Å². The van der Waals surface area contributed by atoms with Gasteiger partial charge in [0.2, 0.25) is 10.0 Å². The van der Waals surface area contributed by atoms with Gasteiger partial charge in [-0.15, -0.1) is 0 Å². The summed E-state index contributed by atoms with van der Waals surface area (Å²) >= 11 is 1.85. The number of anilines is 1. The number of hydrogen-bond acceptors (Lipinski definition) is 5. The molecule has 0 radical (unpaired) electrons. The quantitative estimate of drug-likeness (QED) is 0.746. The predicted octanol–water partition coefficient (Wildman–Crippen LogP) is 1.85. The fourth-order valence-corrected chi connectivity index (χ4v) is 4.38. The van der Waals surface area contributed by atoms with Gasteiger partial charge in [0.15, 0.2) is 0 Å². The third-order valence-corrected chi connectivity index (χ3v) is 5.99. The summed E-state index contributed by atoms with van der Waals surface area (Å²) in [5.41, 5.74) is 6.23. The van der Waals surface area contributed by atoms with Crippen molar-refractivity contribution in [2.24, 2.45) is 0 Å². The van der Waals surface area contributed by atoms with Crippen LogP contribution in [0.5, 0.6) is 5.75 Å². The summed E-state index contributed by atoms with van der Waals surface area (Å²) in [6.45, 7) is 0.641. The third-order valence-electron chi connectivity index (χ3n) is 3.28. The normalized spacial score (nSPS) is 19.3. The molecular formula is C14H22N2O3S2. The number of nitrogen functional groups attached to an aromatic ring is 1. The average Bonchev–Trinajstić information content (AvgIpc) is 2.46. The molecule has 0 bridgehead atoms. The first-order valence-electron chi connectivity index (χ1n) is 7.12. The van der Waals surface area contributed by atoms with Gasteiger partial charge in [-0.1, -0.05) is 12.5 Å². The minimum atomic E-state index is -3.28. The highest BCUT2D eigenvalue weighted by atomic mass is 32.2. The topological polar surface area (TPSA) is 81.4 Å². The van der Waals surface area contributed by atoms with Crippen LogP contribution in [0.4, 0.5) is 5.69 Å². The van der Waals surface area contributed by atoms with Crippen LogP contribution in [0.3, 0.4) is 0 Å². The van der Waals surface area contributed by atoms with E-state index in [-0.39, 0.29) is 12.4 Å². The van der Waals surface area contributed by atoms with Crippen molar-refractivity contribution >= 4 is 27.5 Å². The zero-order valence-corrected chi connectivity index (χ0v) is 13.6. The summed E-state index contributed by atoms with van der Waals surface area (Å²) < 4.78 is 31.9. The maximum Gasteiger partial charge on any atom is 0.214 e. The molecule has 118 valence electrons. The van der Waals surface area contributed by atoms with Crippen LogP contribution in [0.15, 0.2) is 24.3 Å². The molecule has 1 fully saturated rings. The van der Waals surface area contributed by atoms with E-state index < -0.39 is 10.0 Å². The Balaban J connectivity index is 1.70. The molecule has 0 aliphatic carbocycles. The summed E-state index contributed by atoms with van der Waals surface area (Å²) in [6.07, 6.45) is 3.52. The number of nitrogens with two attached hydrogens (primary N) is 1. The molecule has 0 saturated carbocycles. The van der Waals surface area contributed by atoms with Crippen LogP contribution in [-0.4, -0.2) is 38.3 Å². The van der Waals surface area contributed by atoms with Gasteiger partial charge < -0.3 is 10.5 Å². The first kappa shape index (κ1) is 16.5. The summed E-state index contributed by atoms with van der Waals surface area (Å²) in [6, 6.07) is 6.97. The number of ether oxygens (including phenoxy) is 1. The number of nitrogens with one attached hydrogen (secondary N) is 1. The maximum atomic E-state index is 11.9. The molecule has 1 atom stereocenters. The molecule has 0 aromatic heterocycles. The summed E-state index contributed by atoms with van der Waals surface area (Å²) in [5, 5.41) is 0.406. The van der Waals surface area contributed by atoms with Crippen molar-refractivity contribution in [2.75, 3.05) is 30.4 Å². The van der Waals surface area contributed by atoms with E-state index in [1.54, 1.807) is 24.3 Å². The average molecular weight is 330 g/mol. The first-order chi connectivity index (χ1) is 10.1. The van der Waals surface area contributed by atoms with Crippen LogP contribution in [0.2, 0.25) is 0 Å². The van der Waals surface area contributed by atoms with Gasteiger partial charge in [0.05, 0.1) is 5.75 Å². The van der Waals surface area contributed by atoms with Gasteiger partial charge in [-0.25, -0.2) is 13.1 Å². The second-order valence-electron chi connectivity index (χ2n) is 5.08. The lowest BCUT2D eigenvalue weighted by Gasteiger charge is -2.21. The molecule has 1 unspecified atom stereocenters. The van der Waals surface area contributed by atoms with Gasteiger partial charge in [0.25, 0.3) is 0 Å². The van der Waals surface area contributed by atoms with E-state index in [1.165, 1.54) is 12.8 Å². The van der Waals surface area contributed by atoms with Gasteiger partial charge in [-0.05, 0) is 30.7 Å². The first-order valence-corrected chi connectivity index (χ1v) is 9.82. The van der Waals surface area contributed by atoms with E-state index in [0.717, 1.165) is 12.2 Å². The minimum Gasteiger partial charge on any atom is -0.492 e. The van der Waals surface area contributed by atoms with Crippen molar-refractivity contribution < 1.29 is 13.2 Å². The molecule has 7 heteroatoms. The van der Waals surface area contributed by atoms with Crippen LogP contribution in [-0.2, 0) is 10.0 Å². The lowest BCUT2D eigenvalue weighted by molar-refractivity contribution is 0.340. The third kappa shape index (κ3) is 6.15. The molecule has 1 heterocycles. The van der Waals surface area contributed by atoms with Crippen molar-refractivity contribution in [3.05, 3.63) is 24.3 Å². The molecular weight excluding hydrogens is 308 g/mol. The van der Waals surface area contributed by atoms with Crippen LogP contribution in [0.25, 0.3) is 0 Å². The Labute approximate surface area is 130 Å². The van der Waals surface area contributed by atoms with Crippen molar-refractivity contribution in [2.45, 2.75) is 24.5 Å². The lowest BCUT2D eigenvalue weighted by atomic mass is 10.2. The minimum absolute atomic E-state index is 0.0425. The Bertz CT molecular complexity index is 543. The van der Waals surface area contributed by atoms with Crippen molar-refractivity contribution in [1.82, 2.24) is 4.72 Å². The lowest BCUT2D eigenvalue weighted by Crippen LogP contribution is -2.34. The van der Waals surface area contributed by atoms with Crippen LogP contribution in [0, 0.1) is 0 Å². The highest BCUT2D eigenvalue weighted by molar-refractivity contribution is 8.00. The van der Waals surface area contributed by atoms with E-state index >= 15 is 0 Å². The highest BCUT2D eigenvalue weighted by Gasteiger charge is 2.17. The fraction of sp³-hybridized carbons (Fsp3) is 0.571. The van der Waals surface area contributed by atoms with Crippen LogP contribution in [0.1, 0.15) is 19.3 Å². The zero-order chi connectivity index (χ0) is 15.1. The van der Waals surface area contributed by atoms with Crippen molar-refractivity contribution in [3.63, 3.8) is 0 Å². The van der Waals surface area contributed by atoms with E-state index in [9.17, 15) is 8.42 Å². The smallest absolute Gasteiger partial charge is 0.214 e.